The summed E-state index contributed by atoms with van der Waals surface area (Å²) in [5.41, 5.74) is 2.02. The lowest BCUT2D eigenvalue weighted by Crippen LogP contribution is -2.43. The average molecular weight is 408 g/mol. The number of nitrogens with zero attached hydrogens (tertiary/aromatic N) is 4. The fraction of sp³-hybridized carbons (Fsp3) is 0.409. The van der Waals surface area contributed by atoms with Gasteiger partial charge in [0.25, 0.3) is 5.91 Å². The van der Waals surface area contributed by atoms with E-state index in [0.29, 0.717) is 11.3 Å². The minimum atomic E-state index is -0.228. The van der Waals surface area contributed by atoms with Crippen LogP contribution in [0.15, 0.2) is 42.6 Å². The van der Waals surface area contributed by atoms with Crippen LogP contribution in [0.3, 0.4) is 0 Å². The maximum atomic E-state index is 13.8. The maximum absolute atomic E-state index is 13.8. The lowest BCUT2D eigenvalue weighted by atomic mass is 10.0. The first-order valence-corrected chi connectivity index (χ1v) is 10.6. The Labute approximate surface area is 174 Å². The van der Waals surface area contributed by atoms with Gasteiger partial charge in [-0.1, -0.05) is 12.1 Å². The van der Waals surface area contributed by atoms with Gasteiger partial charge in [-0.15, -0.1) is 5.10 Å². The molecule has 0 radical (unpaired) electrons. The molecule has 0 unspecified atom stereocenters. The first-order valence-electron chi connectivity index (χ1n) is 10.6. The fourth-order valence-electron chi connectivity index (χ4n) is 4.50. The summed E-state index contributed by atoms with van der Waals surface area (Å²) < 4.78 is 15.4. The van der Waals surface area contributed by atoms with Crippen LogP contribution in [-0.2, 0) is 0 Å². The van der Waals surface area contributed by atoms with Gasteiger partial charge in [0.15, 0.2) is 11.3 Å². The Bertz CT molecular complexity index is 1060. The van der Waals surface area contributed by atoms with Crippen LogP contribution in [0.25, 0.3) is 5.65 Å². The van der Waals surface area contributed by atoms with Crippen molar-refractivity contribution in [1.29, 1.82) is 0 Å². The molecule has 3 aromatic rings. The number of carbonyl (C=O) groups excluding carboxylic acids is 1. The molecule has 30 heavy (non-hydrogen) atoms. The van der Waals surface area contributed by atoms with E-state index in [2.05, 4.69) is 20.5 Å². The van der Waals surface area contributed by atoms with Crippen molar-refractivity contribution in [3.05, 3.63) is 59.7 Å². The van der Waals surface area contributed by atoms with Crippen LogP contribution in [0.4, 0.5) is 10.2 Å². The molecule has 2 aliphatic heterocycles. The number of hydrogen-bond donors (Lipinski definition) is 2. The summed E-state index contributed by atoms with van der Waals surface area (Å²) in [6.45, 7) is 2.67. The van der Waals surface area contributed by atoms with Crippen LogP contribution in [0.5, 0.6) is 0 Å². The Morgan fingerprint density at radius 3 is 2.87 bits per heavy atom. The second kappa shape index (κ2) is 8.02. The van der Waals surface area contributed by atoms with Crippen LogP contribution >= 0.6 is 0 Å². The maximum Gasteiger partial charge on any atom is 0.271 e. The van der Waals surface area contributed by atoms with Gasteiger partial charge in [-0.3, -0.25) is 4.79 Å². The summed E-state index contributed by atoms with van der Waals surface area (Å²) in [7, 11) is 0. The third kappa shape index (κ3) is 3.63. The summed E-state index contributed by atoms with van der Waals surface area (Å²) >= 11 is 0. The number of piperidine rings is 1. The number of carbonyl (C=O) groups is 1. The first-order chi connectivity index (χ1) is 14.7. The molecule has 2 N–H and O–H groups in total. The highest BCUT2D eigenvalue weighted by Gasteiger charge is 2.28. The molecular formula is C22H25FN6O. The number of nitrogens with one attached hydrogen (secondary N) is 2. The summed E-state index contributed by atoms with van der Waals surface area (Å²) in [6.07, 6.45) is 5.37. The number of rotatable bonds is 4. The van der Waals surface area contributed by atoms with E-state index >= 15 is 0 Å². The van der Waals surface area contributed by atoms with Gasteiger partial charge in [-0.25, -0.2) is 13.9 Å². The third-order valence-corrected chi connectivity index (χ3v) is 6.04. The van der Waals surface area contributed by atoms with Gasteiger partial charge in [0, 0.05) is 12.6 Å². The second-order valence-electron chi connectivity index (χ2n) is 8.01. The molecule has 2 aromatic heterocycles. The standard InChI is InChI=1S/C22H25FN6O/c23-16-4-1-3-15(13-16)18-5-2-12-28(18)21-7-6-20-25-14-19(29(20)27-21)22(30)26-17-8-10-24-11-9-17/h1,3-4,6-7,13-14,17-18,24H,2,5,8-12H2,(H,26,30)/t18-/m1/s1. The zero-order valence-corrected chi connectivity index (χ0v) is 16.7. The molecule has 7 nitrogen and oxygen atoms in total. The molecule has 2 aliphatic rings. The molecule has 0 aliphatic carbocycles. The molecule has 4 heterocycles. The minimum absolute atomic E-state index is 0.0705. The van der Waals surface area contributed by atoms with E-state index in [1.165, 1.54) is 6.07 Å². The number of halogens is 1. The summed E-state index contributed by atoms with van der Waals surface area (Å²) in [4.78, 5) is 19.4. The van der Waals surface area contributed by atoms with E-state index in [1.807, 2.05) is 18.2 Å². The van der Waals surface area contributed by atoms with E-state index in [4.69, 9.17) is 5.10 Å². The van der Waals surface area contributed by atoms with Gasteiger partial charge in [0.2, 0.25) is 0 Å². The van der Waals surface area contributed by atoms with Gasteiger partial charge in [-0.2, -0.15) is 0 Å². The number of benzene rings is 1. The van der Waals surface area contributed by atoms with Gasteiger partial charge in [-0.05, 0) is 68.6 Å². The molecule has 0 bridgehead atoms. The Morgan fingerprint density at radius 1 is 1.17 bits per heavy atom. The highest BCUT2D eigenvalue weighted by Crippen LogP contribution is 2.35. The largest absolute Gasteiger partial charge is 0.348 e. The molecule has 5 rings (SSSR count). The first kappa shape index (κ1) is 19.0. The molecule has 2 fully saturated rings. The van der Waals surface area contributed by atoms with Crippen molar-refractivity contribution in [3.63, 3.8) is 0 Å². The summed E-state index contributed by atoms with van der Waals surface area (Å²) in [5, 5.41) is 11.2. The summed E-state index contributed by atoms with van der Waals surface area (Å²) in [5.74, 6) is 0.388. The summed E-state index contributed by atoms with van der Waals surface area (Å²) in [6, 6.07) is 10.8. The smallest absolute Gasteiger partial charge is 0.271 e. The Hall–Kier alpha value is -3.00. The van der Waals surface area contributed by atoms with Crippen molar-refractivity contribution in [1.82, 2.24) is 25.2 Å². The monoisotopic (exact) mass is 408 g/mol. The van der Waals surface area contributed by atoms with Gasteiger partial charge in [0.1, 0.15) is 11.6 Å². The predicted octanol–water partition coefficient (Wildman–Crippen LogP) is 2.69. The van der Waals surface area contributed by atoms with E-state index < -0.39 is 0 Å². The Morgan fingerprint density at radius 2 is 2.03 bits per heavy atom. The highest BCUT2D eigenvalue weighted by molar-refractivity contribution is 5.93. The number of aromatic nitrogens is 3. The van der Waals surface area contributed by atoms with Crippen molar-refractivity contribution in [2.75, 3.05) is 24.5 Å². The molecule has 0 saturated carbocycles. The molecule has 0 spiro atoms. The quantitative estimate of drug-likeness (QED) is 0.694. The van der Waals surface area contributed by atoms with Crippen molar-refractivity contribution in [2.45, 2.75) is 37.8 Å². The number of anilines is 1. The van der Waals surface area contributed by atoms with E-state index in [9.17, 15) is 9.18 Å². The minimum Gasteiger partial charge on any atom is -0.348 e. The van der Waals surface area contributed by atoms with Crippen molar-refractivity contribution in [3.8, 4) is 0 Å². The molecule has 1 amide bonds. The average Bonchev–Trinajstić information content (AvgIpc) is 3.41. The number of amides is 1. The molecule has 156 valence electrons. The predicted molar refractivity (Wildman–Crippen MR) is 112 cm³/mol. The Kier molecular flexibility index (Phi) is 5.08. The van der Waals surface area contributed by atoms with Crippen molar-refractivity contribution in [2.24, 2.45) is 0 Å². The Balaban J connectivity index is 1.43. The van der Waals surface area contributed by atoms with Gasteiger partial charge in [0.05, 0.1) is 12.2 Å². The fourth-order valence-corrected chi connectivity index (χ4v) is 4.50. The van der Waals surface area contributed by atoms with Crippen LogP contribution in [0, 0.1) is 5.82 Å². The molecule has 2 saturated heterocycles. The number of imidazole rings is 1. The lowest BCUT2D eigenvalue weighted by molar-refractivity contribution is 0.0922. The lowest BCUT2D eigenvalue weighted by Gasteiger charge is -2.26. The van der Waals surface area contributed by atoms with E-state index in [0.717, 1.165) is 56.7 Å². The molecule has 8 heteroatoms. The van der Waals surface area contributed by atoms with Crippen molar-refractivity contribution >= 4 is 17.4 Å². The molecular weight excluding hydrogens is 383 g/mol. The zero-order chi connectivity index (χ0) is 20.5. The second-order valence-corrected chi connectivity index (χ2v) is 8.01. The molecule has 1 atom stereocenters. The topological polar surface area (TPSA) is 74.6 Å². The van der Waals surface area contributed by atoms with Crippen LogP contribution in [0.1, 0.15) is 47.8 Å². The number of fused-ring (bicyclic) bond motifs is 1. The zero-order valence-electron chi connectivity index (χ0n) is 16.7. The van der Waals surface area contributed by atoms with Gasteiger partial charge < -0.3 is 15.5 Å². The van der Waals surface area contributed by atoms with Crippen molar-refractivity contribution < 1.29 is 9.18 Å². The van der Waals surface area contributed by atoms with Crippen LogP contribution < -0.4 is 15.5 Å². The van der Waals surface area contributed by atoms with E-state index in [1.54, 1.807) is 22.8 Å². The molecule has 1 aromatic carbocycles. The van der Waals surface area contributed by atoms with Crippen LogP contribution in [0.2, 0.25) is 0 Å². The van der Waals surface area contributed by atoms with Crippen LogP contribution in [-0.4, -0.2) is 46.2 Å². The van der Waals surface area contributed by atoms with E-state index in [-0.39, 0.29) is 23.8 Å². The highest BCUT2D eigenvalue weighted by atomic mass is 19.1. The third-order valence-electron chi connectivity index (χ3n) is 6.04. The SMILES string of the molecule is O=C(NC1CCNCC1)c1cnc2ccc(N3CCC[C@@H]3c3cccc(F)c3)nn12. The van der Waals surface area contributed by atoms with Gasteiger partial charge >= 0.3 is 0 Å². The normalized spacial score (nSPS) is 20.0. The number of hydrogen-bond acceptors (Lipinski definition) is 5.